The number of aromatic hydroxyl groups is 1. The molecule has 0 aliphatic rings. The number of aliphatic hydroxyl groups excluding tert-OH is 1. The topological polar surface area (TPSA) is 90.2 Å². The average molecular weight is 451 g/mol. The van der Waals surface area contributed by atoms with Crippen LogP contribution in [0.2, 0.25) is 0 Å². The maximum atomic E-state index is 10.2. The summed E-state index contributed by atoms with van der Waals surface area (Å²) in [5, 5.41) is 29.2. The summed E-state index contributed by atoms with van der Waals surface area (Å²) in [6, 6.07) is 21.9. The second kappa shape index (κ2) is 9.52. The number of rotatable bonds is 6. The van der Waals surface area contributed by atoms with Gasteiger partial charge in [-0.3, -0.25) is 0 Å². The van der Waals surface area contributed by atoms with E-state index in [2.05, 4.69) is 15.4 Å². The summed E-state index contributed by atoms with van der Waals surface area (Å²) in [6.45, 7) is -0.468. The number of hydrazone groups is 1. The minimum absolute atomic E-state index is 0.0141. The Morgan fingerprint density at radius 1 is 1.13 bits per heavy atom. The number of para-hydroxylation sites is 2. The normalized spacial score (nSPS) is 11.0. The molecule has 4 aromatic rings. The van der Waals surface area contributed by atoms with Gasteiger partial charge in [0.25, 0.3) is 0 Å². The van der Waals surface area contributed by atoms with Crippen molar-refractivity contribution in [2.24, 2.45) is 5.10 Å². The molecule has 0 radical (unpaired) electrons. The van der Waals surface area contributed by atoms with Crippen LogP contribution in [0.15, 0.2) is 77.9 Å². The molecule has 0 aliphatic heterocycles. The number of benzene rings is 3. The molecule has 0 unspecified atom stereocenters. The smallest absolute Gasteiger partial charge is 0.214 e. The van der Waals surface area contributed by atoms with Crippen LogP contribution in [0.4, 0.5) is 10.8 Å². The number of anilines is 2. The fourth-order valence-electron chi connectivity index (χ4n) is 2.76. The fraction of sp³-hybridized carbons (Fsp3) is 0.0455. The van der Waals surface area contributed by atoms with Crippen LogP contribution in [-0.4, -0.2) is 33.3 Å². The number of nitrogens with one attached hydrogen (secondary N) is 1. The number of hydrogen-bond donors (Lipinski definition) is 3. The molecule has 9 heteroatoms. The summed E-state index contributed by atoms with van der Waals surface area (Å²) < 4.78 is 6.08. The lowest BCUT2D eigenvalue weighted by Crippen LogP contribution is -2.30. The van der Waals surface area contributed by atoms with Crippen molar-refractivity contribution in [3.8, 4) is 11.5 Å². The molecule has 1 aromatic heterocycles. The van der Waals surface area contributed by atoms with Crippen LogP contribution in [0.1, 0.15) is 5.56 Å². The Balaban J connectivity index is 1.69. The number of thiazole rings is 1. The highest BCUT2D eigenvalue weighted by Crippen LogP contribution is 2.30. The number of ether oxygens (including phenoxy) is 1. The summed E-state index contributed by atoms with van der Waals surface area (Å²) in [5.41, 5.74) is 2.06. The largest absolute Gasteiger partial charge is 0.507 e. The van der Waals surface area contributed by atoms with E-state index in [-0.39, 0.29) is 5.75 Å². The zero-order chi connectivity index (χ0) is 21.6. The molecule has 4 rings (SSSR count). The molecule has 3 N–H and O–H groups in total. The first-order chi connectivity index (χ1) is 15.1. The summed E-state index contributed by atoms with van der Waals surface area (Å²) in [6.07, 6.45) is 1.46. The van der Waals surface area contributed by atoms with E-state index < -0.39 is 6.79 Å². The van der Waals surface area contributed by atoms with E-state index in [0.717, 1.165) is 15.9 Å². The molecule has 0 saturated carbocycles. The number of phenolic OH excluding ortho intramolecular Hbond substituents is 1. The molecule has 0 atom stereocenters. The molecule has 0 spiro atoms. The molecule has 31 heavy (non-hydrogen) atoms. The van der Waals surface area contributed by atoms with Crippen molar-refractivity contribution in [1.29, 1.82) is 0 Å². The van der Waals surface area contributed by atoms with Gasteiger partial charge in [0.15, 0.2) is 6.79 Å². The van der Waals surface area contributed by atoms with Crippen molar-refractivity contribution in [3.63, 3.8) is 0 Å². The quantitative estimate of drug-likeness (QED) is 0.172. The van der Waals surface area contributed by atoms with Crippen LogP contribution in [0.5, 0.6) is 11.5 Å². The maximum Gasteiger partial charge on any atom is 0.214 e. The first-order valence-electron chi connectivity index (χ1n) is 9.26. The van der Waals surface area contributed by atoms with Crippen molar-refractivity contribution in [2.75, 3.05) is 17.1 Å². The fourth-order valence-corrected chi connectivity index (χ4v) is 4.00. The van der Waals surface area contributed by atoms with Gasteiger partial charge in [-0.25, -0.2) is 4.98 Å². The van der Waals surface area contributed by atoms with Crippen LogP contribution < -0.4 is 15.1 Å². The Labute approximate surface area is 187 Å². The SMILES string of the molecule is OCOc1ccc(O)c(/C=N/N(C(=S)Nc2ccccc2)c2nc3ccccc3s2)c1. The van der Waals surface area contributed by atoms with Crippen LogP contribution in [0.25, 0.3) is 10.2 Å². The Morgan fingerprint density at radius 3 is 2.68 bits per heavy atom. The van der Waals surface area contributed by atoms with Crippen LogP contribution >= 0.6 is 23.6 Å². The van der Waals surface area contributed by atoms with Gasteiger partial charge in [0.2, 0.25) is 10.2 Å². The number of nitrogens with zero attached hydrogens (tertiary/aromatic N) is 3. The van der Waals surface area contributed by atoms with E-state index in [1.807, 2.05) is 54.6 Å². The summed E-state index contributed by atoms with van der Waals surface area (Å²) >= 11 is 7.06. The van der Waals surface area contributed by atoms with E-state index in [1.54, 1.807) is 12.1 Å². The molecule has 0 amide bonds. The van der Waals surface area contributed by atoms with Gasteiger partial charge < -0.3 is 20.3 Å². The molecule has 0 fully saturated rings. The van der Waals surface area contributed by atoms with Crippen molar-refractivity contribution < 1.29 is 14.9 Å². The molecule has 7 nitrogen and oxygen atoms in total. The lowest BCUT2D eigenvalue weighted by molar-refractivity contribution is 0.0985. The van der Waals surface area contributed by atoms with Crippen LogP contribution in [0.3, 0.4) is 0 Å². The minimum atomic E-state index is -0.468. The summed E-state index contributed by atoms with van der Waals surface area (Å²) in [5.74, 6) is 0.415. The van der Waals surface area contributed by atoms with Gasteiger partial charge in [-0.2, -0.15) is 10.1 Å². The van der Waals surface area contributed by atoms with Crippen LogP contribution in [0, 0.1) is 0 Å². The number of hydrogen-bond acceptors (Lipinski definition) is 7. The van der Waals surface area contributed by atoms with Crippen LogP contribution in [-0.2, 0) is 0 Å². The van der Waals surface area contributed by atoms with E-state index in [4.69, 9.17) is 22.1 Å². The molecule has 156 valence electrons. The molecule has 0 saturated heterocycles. The highest BCUT2D eigenvalue weighted by atomic mass is 32.1. The lowest BCUT2D eigenvalue weighted by Gasteiger charge is -2.18. The van der Waals surface area contributed by atoms with Gasteiger partial charge in [-0.1, -0.05) is 41.7 Å². The third kappa shape index (κ3) is 4.97. The number of phenols is 1. The highest BCUT2D eigenvalue weighted by Gasteiger charge is 2.17. The monoisotopic (exact) mass is 450 g/mol. The minimum Gasteiger partial charge on any atom is -0.507 e. The lowest BCUT2D eigenvalue weighted by atomic mass is 10.2. The second-order valence-corrected chi connectivity index (χ2v) is 7.71. The Morgan fingerprint density at radius 2 is 1.90 bits per heavy atom. The van der Waals surface area contributed by atoms with Crippen molar-refractivity contribution in [1.82, 2.24) is 4.98 Å². The van der Waals surface area contributed by atoms with Gasteiger partial charge in [-0.15, -0.1) is 0 Å². The van der Waals surface area contributed by atoms with Crippen molar-refractivity contribution in [2.45, 2.75) is 0 Å². The molecular weight excluding hydrogens is 432 g/mol. The first-order valence-corrected chi connectivity index (χ1v) is 10.5. The summed E-state index contributed by atoms with van der Waals surface area (Å²) in [7, 11) is 0. The van der Waals surface area contributed by atoms with Gasteiger partial charge in [0.05, 0.1) is 16.4 Å². The standard InChI is InChI=1S/C22H18N4O3S2/c27-14-29-17-10-11-19(28)15(12-17)13-23-26(21(30)24-16-6-2-1-3-7-16)22-25-18-8-4-5-9-20(18)31-22/h1-13,27-28H,14H2,(H,24,30)/b23-13+. The van der Waals surface area contributed by atoms with Gasteiger partial charge in [-0.05, 0) is 54.7 Å². The highest BCUT2D eigenvalue weighted by molar-refractivity contribution is 7.80. The van der Waals surface area contributed by atoms with Gasteiger partial charge in [0, 0.05) is 11.3 Å². The van der Waals surface area contributed by atoms with Crippen molar-refractivity contribution in [3.05, 3.63) is 78.4 Å². The van der Waals surface area contributed by atoms with E-state index in [9.17, 15) is 5.11 Å². The molecule has 0 aliphatic carbocycles. The molecule has 0 bridgehead atoms. The molecule has 3 aromatic carbocycles. The third-order valence-corrected chi connectivity index (χ3v) is 5.51. The second-order valence-electron chi connectivity index (χ2n) is 6.31. The number of fused-ring (bicyclic) bond motifs is 1. The summed E-state index contributed by atoms with van der Waals surface area (Å²) in [4.78, 5) is 4.64. The Hall–Kier alpha value is -3.53. The number of aliphatic hydroxyl groups is 1. The number of thiocarbonyl (C=S) groups is 1. The van der Waals surface area contributed by atoms with Crippen molar-refractivity contribution >= 4 is 55.9 Å². The number of aromatic nitrogens is 1. The van der Waals surface area contributed by atoms with Gasteiger partial charge >= 0.3 is 0 Å². The zero-order valence-electron chi connectivity index (χ0n) is 16.2. The third-order valence-electron chi connectivity index (χ3n) is 4.22. The zero-order valence-corrected chi connectivity index (χ0v) is 17.8. The maximum absolute atomic E-state index is 10.2. The first kappa shape index (κ1) is 20.7. The Kier molecular flexibility index (Phi) is 6.37. The predicted octanol–water partition coefficient (Wildman–Crippen LogP) is 4.57. The van der Waals surface area contributed by atoms with E-state index >= 15 is 0 Å². The predicted molar refractivity (Wildman–Crippen MR) is 128 cm³/mol. The molecule has 1 heterocycles. The average Bonchev–Trinajstić information content (AvgIpc) is 3.20. The Bertz CT molecular complexity index is 1190. The van der Waals surface area contributed by atoms with E-state index in [0.29, 0.717) is 21.6 Å². The molecular formula is C22H18N4O3S2. The van der Waals surface area contributed by atoms with E-state index in [1.165, 1.54) is 28.6 Å². The van der Waals surface area contributed by atoms with Gasteiger partial charge in [0.1, 0.15) is 11.5 Å².